The molecule has 1 amide bonds. The summed E-state index contributed by atoms with van der Waals surface area (Å²) in [4.78, 5) is 15.6. The van der Waals surface area contributed by atoms with Crippen LogP contribution in [-0.4, -0.2) is 36.4 Å². The number of likely N-dealkylation sites (tertiary alicyclic amines) is 1. The quantitative estimate of drug-likeness (QED) is 0.786. The molecule has 0 aliphatic carbocycles. The van der Waals surface area contributed by atoms with Crippen molar-refractivity contribution in [3.63, 3.8) is 0 Å². The molecule has 0 aromatic heterocycles. The number of benzene rings is 2. The second-order valence-electron chi connectivity index (χ2n) is 5.91. The molecule has 25 heavy (non-hydrogen) atoms. The van der Waals surface area contributed by atoms with Crippen LogP contribution in [0.25, 0.3) is 0 Å². The van der Waals surface area contributed by atoms with E-state index in [1.807, 2.05) is 0 Å². The number of para-hydroxylation sites is 1. The fourth-order valence-electron chi connectivity index (χ4n) is 2.95. The third kappa shape index (κ3) is 4.70. The van der Waals surface area contributed by atoms with Gasteiger partial charge in [-0.05, 0) is 36.9 Å². The second-order valence-corrected chi connectivity index (χ2v) is 5.91. The van der Waals surface area contributed by atoms with E-state index in [0.717, 1.165) is 0 Å². The van der Waals surface area contributed by atoms with E-state index in [-0.39, 0.29) is 49.5 Å². The van der Waals surface area contributed by atoms with Crippen molar-refractivity contribution in [1.29, 1.82) is 0 Å². The SMILES string of the molecule is [2H]c1c([2H])c([2H])c(N(C(=O)CC)C2CCN(C([2H])([2H])C([2H])([2H])c3ccccc3)CC2)c([2H])c1[2H]. The first-order valence-electron chi connectivity index (χ1n) is 13.1. The van der Waals surface area contributed by atoms with Crippen molar-refractivity contribution < 1.29 is 17.1 Å². The van der Waals surface area contributed by atoms with Gasteiger partial charge in [0.25, 0.3) is 0 Å². The number of hydrogen-bond acceptors (Lipinski definition) is 2. The molecule has 132 valence electrons. The Hall–Kier alpha value is -2.13. The lowest BCUT2D eigenvalue weighted by Gasteiger charge is -2.38. The molecule has 2 aromatic carbocycles. The van der Waals surface area contributed by atoms with Crippen LogP contribution in [-0.2, 0) is 11.2 Å². The fourth-order valence-corrected chi connectivity index (χ4v) is 2.95. The summed E-state index contributed by atoms with van der Waals surface area (Å²) in [5.41, 5.74) is 0.0583. The predicted molar refractivity (Wildman–Crippen MR) is 104 cm³/mol. The number of amides is 1. The highest BCUT2D eigenvalue weighted by Gasteiger charge is 2.28. The van der Waals surface area contributed by atoms with E-state index in [2.05, 4.69) is 0 Å². The number of piperidine rings is 1. The summed E-state index contributed by atoms with van der Waals surface area (Å²) < 4.78 is 74.4. The molecule has 1 heterocycles. The third-order valence-electron chi connectivity index (χ3n) is 4.26. The Morgan fingerprint density at radius 1 is 1.20 bits per heavy atom. The minimum absolute atomic E-state index is 0.0692. The van der Waals surface area contributed by atoms with Crippen LogP contribution in [0.5, 0.6) is 0 Å². The maximum Gasteiger partial charge on any atom is 0.226 e. The van der Waals surface area contributed by atoms with Gasteiger partial charge in [-0.15, -0.1) is 0 Å². The van der Waals surface area contributed by atoms with Crippen LogP contribution in [0, 0.1) is 0 Å². The van der Waals surface area contributed by atoms with E-state index in [1.54, 1.807) is 37.3 Å². The third-order valence-corrected chi connectivity index (χ3v) is 4.26. The van der Waals surface area contributed by atoms with Crippen LogP contribution in [0.2, 0.25) is 0 Å². The van der Waals surface area contributed by atoms with Crippen LogP contribution in [0.15, 0.2) is 60.5 Å². The van der Waals surface area contributed by atoms with Gasteiger partial charge in [0.15, 0.2) is 0 Å². The number of aryl methyl sites for hydroxylation is 1. The lowest BCUT2D eigenvalue weighted by atomic mass is 10.0. The van der Waals surface area contributed by atoms with Crippen LogP contribution in [0.1, 0.15) is 44.1 Å². The molecule has 0 unspecified atom stereocenters. The number of anilines is 1. The normalized spacial score (nSPS) is 22.2. The molecule has 0 N–H and O–H groups in total. The molecule has 0 radical (unpaired) electrons. The highest BCUT2D eigenvalue weighted by atomic mass is 16.2. The molecule has 0 saturated carbocycles. The van der Waals surface area contributed by atoms with E-state index < -0.39 is 49.1 Å². The maximum atomic E-state index is 12.9. The molecule has 3 heteroatoms. The molecule has 1 fully saturated rings. The number of hydrogen-bond donors (Lipinski definition) is 0. The Morgan fingerprint density at radius 2 is 1.88 bits per heavy atom. The maximum absolute atomic E-state index is 12.9. The first-order valence-corrected chi connectivity index (χ1v) is 8.55. The monoisotopic (exact) mass is 345 g/mol. The van der Waals surface area contributed by atoms with Gasteiger partial charge in [-0.1, -0.05) is 55.4 Å². The van der Waals surface area contributed by atoms with Crippen LogP contribution >= 0.6 is 0 Å². The lowest BCUT2D eigenvalue weighted by Crippen LogP contribution is -2.47. The van der Waals surface area contributed by atoms with Crippen molar-refractivity contribution in [3.05, 3.63) is 66.1 Å². The molecule has 1 aliphatic rings. The van der Waals surface area contributed by atoms with E-state index in [9.17, 15) is 4.79 Å². The van der Waals surface area contributed by atoms with E-state index in [1.165, 1.54) is 9.80 Å². The van der Waals surface area contributed by atoms with Crippen molar-refractivity contribution in [1.82, 2.24) is 4.90 Å². The highest BCUT2D eigenvalue weighted by molar-refractivity contribution is 5.93. The summed E-state index contributed by atoms with van der Waals surface area (Å²) in [5.74, 6) is -0.389. The van der Waals surface area contributed by atoms with E-state index in [0.29, 0.717) is 0 Å². The smallest absolute Gasteiger partial charge is 0.226 e. The summed E-state index contributed by atoms with van der Waals surface area (Å²) in [6, 6.07) is 5.16. The zero-order valence-corrected chi connectivity index (χ0v) is 14.3. The van der Waals surface area contributed by atoms with Crippen molar-refractivity contribution in [2.75, 3.05) is 24.5 Å². The molecule has 0 atom stereocenters. The molecule has 1 aliphatic heterocycles. The minimum Gasteiger partial charge on any atom is -0.309 e. The molecular weight excluding hydrogens is 308 g/mol. The fraction of sp³-hybridized carbons (Fsp3) is 0.409. The van der Waals surface area contributed by atoms with Gasteiger partial charge in [0.1, 0.15) is 0 Å². The zero-order chi connectivity index (χ0) is 25.4. The van der Waals surface area contributed by atoms with Crippen LogP contribution in [0.4, 0.5) is 5.69 Å². The van der Waals surface area contributed by atoms with Gasteiger partial charge in [-0.25, -0.2) is 0 Å². The average molecular weight is 346 g/mol. The first kappa shape index (κ1) is 9.54. The van der Waals surface area contributed by atoms with Crippen molar-refractivity contribution >= 4 is 11.6 Å². The second kappa shape index (κ2) is 8.82. The first-order chi connectivity index (χ1) is 15.9. The Kier molecular flexibility index (Phi) is 3.36. The zero-order valence-electron chi connectivity index (χ0n) is 23.3. The van der Waals surface area contributed by atoms with Gasteiger partial charge < -0.3 is 9.80 Å². The molecular formula is C22H28N2O. The molecule has 3 rings (SSSR count). The number of nitrogens with zero attached hydrogens (tertiary/aromatic N) is 2. The molecule has 0 bridgehead atoms. The molecule has 2 aromatic rings. The van der Waals surface area contributed by atoms with Crippen LogP contribution < -0.4 is 4.90 Å². The van der Waals surface area contributed by atoms with Gasteiger partial charge in [-0.2, -0.15) is 0 Å². The molecule has 3 nitrogen and oxygen atoms in total. The minimum atomic E-state index is -2.32. The van der Waals surface area contributed by atoms with Gasteiger partial charge in [0.05, 0.1) is 6.85 Å². The van der Waals surface area contributed by atoms with Gasteiger partial charge in [0, 0.05) is 43.2 Å². The van der Waals surface area contributed by atoms with Crippen molar-refractivity contribution in [2.45, 2.75) is 38.6 Å². The van der Waals surface area contributed by atoms with Gasteiger partial charge in [0.2, 0.25) is 5.91 Å². The van der Waals surface area contributed by atoms with Crippen molar-refractivity contribution in [3.8, 4) is 0 Å². The van der Waals surface area contributed by atoms with E-state index >= 15 is 0 Å². The molecule has 0 spiro atoms. The topological polar surface area (TPSA) is 23.6 Å². The predicted octanol–water partition coefficient (Wildman–Crippen LogP) is 4.14. The Morgan fingerprint density at radius 3 is 2.52 bits per heavy atom. The summed E-state index contributed by atoms with van der Waals surface area (Å²) in [6.45, 7) is -0.422. The number of rotatable bonds is 6. The largest absolute Gasteiger partial charge is 0.309 e. The summed E-state index contributed by atoms with van der Waals surface area (Å²) in [6.07, 6.45) is -1.69. The van der Waals surface area contributed by atoms with E-state index in [4.69, 9.17) is 12.3 Å². The highest BCUT2D eigenvalue weighted by Crippen LogP contribution is 2.24. The Balaban J connectivity index is 1.90. The Bertz CT molecular complexity index is 1030. The summed E-state index contributed by atoms with van der Waals surface area (Å²) in [7, 11) is 0. The number of carbonyl (C=O) groups excluding carboxylic acids is 1. The average Bonchev–Trinajstić information content (AvgIpc) is 2.84. The summed E-state index contributed by atoms with van der Waals surface area (Å²) in [5, 5.41) is 0. The molecule has 1 saturated heterocycles. The standard InChI is InChI=1S/C22H28N2O/c1-2-22(25)24(20-11-7-4-8-12-20)21-14-17-23(18-15-21)16-13-19-9-5-3-6-10-19/h3-12,21H,2,13-18H2,1H3/i4D,7D,8D,11D,12D,13D2,16D2. The van der Waals surface area contributed by atoms with Gasteiger partial charge in [-0.3, -0.25) is 4.79 Å². The number of carbonyl (C=O) groups is 1. The van der Waals surface area contributed by atoms with Crippen LogP contribution in [0.3, 0.4) is 0 Å². The Labute approximate surface area is 163 Å². The van der Waals surface area contributed by atoms with Crippen molar-refractivity contribution in [2.24, 2.45) is 0 Å². The van der Waals surface area contributed by atoms with Gasteiger partial charge >= 0.3 is 0 Å². The lowest BCUT2D eigenvalue weighted by molar-refractivity contribution is -0.119. The summed E-state index contributed by atoms with van der Waals surface area (Å²) >= 11 is 0.